The van der Waals surface area contributed by atoms with E-state index in [4.69, 9.17) is 20.4 Å². The molecule has 0 aliphatic heterocycles. The lowest BCUT2D eigenvalue weighted by atomic mass is 10.1. The summed E-state index contributed by atoms with van der Waals surface area (Å²) in [6, 6.07) is 60.8. The topological polar surface area (TPSA) is 48.5 Å². The van der Waals surface area contributed by atoms with Gasteiger partial charge in [-0.1, -0.05) is 321 Å². The third kappa shape index (κ3) is 8.70. The van der Waals surface area contributed by atoms with Crippen molar-refractivity contribution in [2.75, 3.05) is 0 Å². The van der Waals surface area contributed by atoms with Crippen LogP contribution in [0.1, 0.15) is 26.0 Å². The van der Waals surface area contributed by atoms with Crippen molar-refractivity contribution in [2.24, 2.45) is 0 Å². The van der Waals surface area contributed by atoms with E-state index in [1.165, 1.54) is 0 Å². The van der Waals surface area contributed by atoms with Gasteiger partial charge in [0.25, 0.3) is 0 Å². The van der Waals surface area contributed by atoms with E-state index in [9.17, 15) is 20.6 Å². The molecule has 0 aliphatic rings. The molecule has 0 bridgehead atoms. The van der Waals surface area contributed by atoms with Gasteiger partial charge in [-0.05, 0) is 87.9 Å². The minimum absolute atomic E-state index is 0.132. The zero-order valence-corrected chi connectivity index (χ0v) is 48.7. The number of rotatable bonds is 13. The van der Waals surface area contributed by atoms with Gasteiger partial charge in [-0.25, -0.2) is 0 Å². The largest absolute Gasteiger partial charge is 0.278 e. The van der Waals surface area contributed by atoms with Crippen molar-refractivity contribution in [2.45, 2.75) is 0 Å². The summed E-state index contributed by atoms with van der Waals surface area (Å²) in [5.41, 5.74) is 1.07. The number of nitrogens with zero attached hydrogens (tertiary/aromatic N) is 5. The quantitative estimate of drug-likeness (QED) is 0.0854. The lowest BCUT2D eigenvalue weighted by molar-refractivity contribution is 0.893. The van der Waals surface area contributed by atoms with Crippen LogP contribution >= 0.6 is 0 Å². The highest BCUT2D eigenvalue weighted by Crippen LogP contribution is 2.35. The van der Waals surface area contributed by atoms with E-state index < -0.39 is 165 Å². The van der Waals surface area contributed by atoms with Gasteiger partial charge in [0.15, 0.2) is 22.0 Å². The molecule has 7 heteroatoms. The number of aromatic nitrogens is 5. The van der Waals surface area contributed by atoms with Gasteiger partial charge in [-0.15, -0.1) is 0 Å². The molecular formula is C81H57N5Si2. The van der Waals surface area contributed by atoms with Crippen LogP contribution < -0.4 is 41.5 Å². The van der Waals surface area contributed by atoms with Crippen molar-refractivity contribution in [3.8, 4) is 45.5 Å². The summed E-state index contributed by atoms with van der Waals surface area (Å²) in [5.74, 6) is -2.01. The summed E-state index contributed by atoms with van der Waals surface area (Å²) in [6.07, 6.45) is 0. The van der Waals surface area contributed by atoms with Gasteiger partial charge in [-0.3, -0.25) is 9.13 Å². The average molecular weight is 1180 g/mol. The van der Waals surface area contributed by atoms with Gasteiger partial charge < -0.3 is 0 Å². The third-order valence-corrected chi connectivity index (χ3v) is 25.6. The Balaban J connectivity index is 1.20. The second kappa shape index (κ2) is 22.1. The Kier molecular flexibility index (Phi) is 9.04. The Morgan fingerprint density at radius 1 is 0.250 bits per heavy atom. The monoisotopic (exact) mass is 1170 g/mol. The Hall–Kier alpha value is -11.1. The molecule has 0 unspecified atom stereocenters. The normalized spacial score (nSPS) is 14.9. The van der Waals surface area contributed by atoms with Gasteiger partial charge in [0.05, 0.1) is 48.1 Å². The SMILES string of the molecule is [2H]c1c(-c2nc(-n3c4c([2H])c([2H])c([2H])c([2H])c4c4c([2H])c([2H])c([2H])c([2H])c43)nc(-n3c4c([2H])c([2H])c([2H])c([2H])c4c4c([2H])c([2H])c([2H])c([2H])c43)n2)c([2H])c([Si](c2ccccc2)(c2ccccc2)c2cccc(-c3ccccc3)c2)c([2H])c1[Si](c1ccccc1)(c1ccccc1)c1cccc(-c2ccccc2)c1. The second-order valence-corrected chi connectivity index (χ2v) is 28.6. The minimum atomic E-state index is -4.45. The van der Waals surface area contributed by atoms with E-state index >= 15 is 0 Å². The first kappa shape index (κ1) is 36.0. The zero-order chi connectivity index (χ0) is 75.0. The molecule has 16 rings (SSSR count). The molecular weight excluding hydrogens is 1100 g/mol. The Morgan fingerprint density at radius 3 is 0.864 bits per heavy atom. The van der Waals surface area contributed by atoms with Crippen LogP contribution in [-0.4, -0.2) is 40.2 Å². The molecule has 414 valence electrons. The van der Waals surface area contributed by atoms with Crippen LogP contribution in [0.4, 0.5) is 0 Å². The predicted octanol–water partition coefficient (Wildman–Crippen LogP) is 13.8. The van der Waals surface area contributed by atoms with Crippen molar-refractivity contribution >= 4 is 101 Å². The minimum Gasteiger partial charge on any atom is -0.278 e. The maximum absolute atomic E-state index is 11.9. The summed E-state index contributed by atoms with van der Waals surface area (Å²) in [5, 5.41) is 2.92. The fourth-order valence-electron chi connectivity index (χ4n) is 12.6. The highest BCUT2D eigenvalue weighted by atomic mass is 28.3. The molecule has 88 heavy (non-hydrogen) atoms. The van der Waals surface area contributed by atoms with Gasteiger partial charge in [0, 0.05) is 27.1 Å². The fraction of sp³-hybridized carbons (Fsp3) is 0. The van der Waals surface area contributed by atoms with Gasteiger partial charge in [0.2, 0.25) is 11.9 Å². The molecule has 13 aromatic carbocycles. The van der Waals surface area contributed by atoms with Crippen LogP contribution in [0, 0.1) is 0 Å². The van der Waals surface area contributed by atoms with Crippen LogP contribution in [0.15, 0.2) is 345 Å². The molecule has 0 saturated carbocycles. The molecule has 5 nitrogen and oxygen atoms in total. The lowest BCUT2D eigenvalue weighted by Gasteiger charge is -2.38. The number of para-hydroxylation sites is 4. The van der Waals surface area contributed by atoms with Crippen LogP contribution in [0.25, 0.3) is 89.2 Å². The highest BCUT2D eigenvalue weighted by molar-refractivity contribution is 7.22. The first-order valence-electron chi connectivity index (χ1n) is 38.0. The van der Waals surface area contributed by atoms with Crippen LogP contribution in [0.3, 0.4) is 0 Å². The van der Waals surface area contributed by atoms with Crippen LogP contribution in [-0.2, 0) is 0 Å². The van der Waals surface area contributed by atoms with Gasteiger partial charge in [-0.2, -0.15) is 15.0 Å². The molecule has 0 fully saturated rings. The molecule has 0 saturated heterocycles. The van der Waals surface area contributed by atoms with E-state index in [0.717, 1.165) is 31.4 Å². The summed E-state index contributed by atoms with van der Waals surface area (Å²) < 4.78 is 188. The standard InChI is InChI=1S/C81H57N5Si2/c1-7-29-58(30-8-1)60-33-27-43-67(53-60)87(63-35-11-3-12-36-63,64-37-13-4-14-38-64)69-55-62(56-70(57-69)88(65-39-15-5-16-40-65,66-41-17-6-18-42-66)68-44-28-34-61(54-68)59-31-9-2-10-32-59)79-82-80(85-75-49-23-19-45-71(75)72-46-20-24-50-76(72)85)84-81(83-79)86-77-51-25-21-47-73(77)74-48-22-26-52-78(74)86/h1-57H/i19D,20D,21D,22D,23D,24D,25D,26D,45D,46D,47D,48D,49D,50D,51D,52D,55D,56D,57D. The molecule has 0 spiro atoms. The van der Waals surface area contributed by atoms with E-state index in [1.54, 1.807) is 0 Å². The van der Waals surface area contributed by atoms with Crippen molar-refractivity contribution in [3.05, 3.63) is 345 Å². The average Bonchev–Trinajstić information content (AvgIpc) is 1.47. The molecule has 16 aromatic rings. The summed E-state index contributed by atoms with van der Waals surface area (Å²) in [4.78, 5) is 15.7. The number of benzene rings is 13. The first-order valence-corrected chi connectivity index (χ1v) is 32.5. The molecule has 3 heterocycles. The second-order valence-electron chi connectivity index (χ2n) is 21.2. The Bertz CT molecular complexity index is 5770. The van der Waals surface area contributed by atoms with Crippen LogP contribution in [0.5, 0.6) is 0 Å². The predicted molar refractivity (Wildman–Crippen MR) is 372 cm³/mol. The summed E-state index contributed by atoms with van der Waals surface area (Å²) >= 11 is 0. The number of fused-ring (bicyclic) bond motifs is 6. The zero-order valence-electron chi connectivity index (χ0n) is 65.7. The molecule has 3 aromatic heterocycles. The smallest absolute Gasteiger partial charge is 0.240 e. The Morgan fingerprint density at radius 2 is 0.534 bits per heavy atom. The van der Waals surface area contributed by atoms with Crippen LogP contribution in [0.2, 0.25) is 0 Å². The number of hydrogen-bond acceptors (Lipinski definition) is 3. The third-order valence-electron chi connectivity index (χ3n) is 16.4. The maximum Gasteiger partial charge on any atom is 0.240 e. The molecule has 0 N–H and O–H groups in total. The lowest BCUT2D eigenvalue weighted by Crippen LogP contribution is -2.78. The molecule has 0 atom stereocenters. The van der Waals surface area contributed by atoms with Crippen molar-refractivity contribution in [1.82, 2.24) is 24.1 Å². The number of hydrogen-bond donors (Lipinski definition) is 0. The van der Waals surface area contributed by atoms with E-state index in [0.29, 0.717) is 31.1 Å². The highest BCUT2D eigenvalue weighted by Gasteiger charge is 2.46. The van der Waals surface area contributed by atoms with E-state index in [1.807, 2.05) is 218 Å². The summed E-state index contributed by atoms with van der Waals surface area (Å²) in [6.45, 7) is 0. The van der Waals surface area contributed by atoms with Crippen molar-refractivity contribution in [1.29, 1.82) is 0 Å². The molecule has 0 radical (unpaired) electrons. The van der Waals surface area contributed by atoms with Gasteiger partial charge >= 0.3 is 0 Å². The molecule has 0 aliphatic carbocycles. The van der Waals surface area contributed by atoms with E-state index in [-0.39, 0.29) is 43.5 Å². The summed E-state index contributed by atoms with van der Waals surface area (Å²) in [7, 11) is -8.90. The maximum atomic E-state index is 11.9. The molecule has 0 amide bonds. The van der Waals surface area contributed by atoms with Crippen molar-refractivity contribution in [3.63, 3.8) is 0 Å². The van der Waals surface area contributed by atoms with Gasteiger partial charge in [0.1, 0.15) is 0 Å². The van der Waals surface area contributed by atoms with E-state index in [2.05, 4.69) is 12.1 Å². The van der Waals surface area contributed by atoms with Crippen molar-refractivity contribution < 1.29 is 26.0 Å². The Labute approximate surface area is 540 Å². The fourth-order valence-corrected chi connectivity index (χ4v) is 21.9. The first-order chi connectivity index (χ1) is 51.6.